The van der Waals surface area contributed by atoms with Crippen molar-refractivity contribution < 1.29 is 29.0 Å². The maximum absolute atomic E-state index is 11.7. The van der Waals surface area contributed by atoms with Crippen molar-refractivity contribution in [1.29, 1.82) is 0 Å². The molecule has 0 radical (unpaired) electrons. The van der Waals surface area contributed by atoms with Crippen LogP contribution in [0.25, 0.3) is 0 Å². The molecule has 0 heterocycles. The molecule has 0 amide bonds. The third-order valence-electron chi connectivity index (χ3n) is 18.6. The molecule has 374 valence electrons. The van der Waals surface area contributed by atoms with Crippen LogP contribution < -0.4 is 0 Å². The Morgan fingerprint density at radius 3 is 1.25 bits per heavy atom. The summed E-state index contributed by atoms with van der Waals surface area (Å²) in [5, 5.41) is 30.8. The molecule has 4 rings (SSSR count). The van der Waals surface area contributed by atoms with E-state index < -0.39 is 27.8 Å². The largest absolute Gasteiger partial charge is 0.414 e. The van der Waals surface area contributed by atoms with Crippen LogP contribution in [-0.2, 0) is 13.6 Å². The van der Waals surface area contributed by atoms with E-state index in [0.29, 0.717) is 47.7 Å². The fourth-order valence-electron chi connectivity index (χ4n) is 13.1. The molecule has 4 saturated carbocycles. The average molecular weight is 942 g/mol. The van der Waals surface area contributed by atoms with Crippen LogP contribution in [0.15, 0.2) is 0 Å². The predicted molar refractivity (Wildman–Crippen MR) is 280 cm³/mol. The predicted octanol–water partition coefficient (Wildman–Crippen LogP) is 15.0. The number of fused-ring (bicyclic) bond motifs is 2. The Morgan fingerprint density at radius 2 is 0.937 bits per heavy atom. The van der Waals surface area contributed by atoms with Crippen LogP contribution >= 0.6 is 8.58 Å². The smallest absolute Gasteiger partial charge is 0.192 e. The standard InChI is InChI=1S/C26H52O3Si.C26H50O3Si.C2H7P/c2*1-23(2,3)30(8,9)29-21-12-10-17-26(7)20(21)13-14-22(26)25(6,18-19-27)16-11-15-24(4,5)28;1-3-2/h20-22,27-28H,10-19H2,1-9H3;19-22,28H,10-18H2,1-9H3;3H,1-2H3/t2*20?,21-,22+,25?,26-;/m00./s1. The van der Waals surface area contributed by atoms with Gasteiger partial charge in [-0.25, -0.2) is 0 Å². The molecule has 6 nitrogen and oxygen atoms in total. The molecule has 0 saturated heterocycles. The Morgan fingerprint density at radius 1 is 0.587 bits per heavy atom. The highest BCUT2D eigenvalue weighted by molar-refractivity contribution is 7.35. The minimum atomic E-state index is -1.79. The molecule has 4 aliphatic rings. The van der Waals surface area contributed by atoms with E-state index in [9.17, 15) is 20.1 Å². The molecular formula is C54H109O6PSi2. The Hall–Kier alpha value is 0.334. The van der Waals surface area contributed by atoms with Crippen molar-refractivity contribution in [1.82, 2.24) is 0 Å². The lowest BCUT2D eigenvalue weighted by Crippen LogP contribution is -2.51. The van der Waals surface area contributed by atoms with Gasteiger partial charge in [0.2, 0.25) is 0 Å². The normalized spacial score (nSPS) is 31.3. The number of hydrogen-bond donors (Lipinski definition) is 3. The van der Waals surface area contributed by atoms with Gasteiger partial charge in [0, 0.05) is 25.2 Å². The summed E-state index contributed by atoms with van der Waals surface area (Å²) < 4.78 is 14.0. The lowest BCUT2D eigenvalue weighted by atomic mass is 9.56. The Kier molecular flexibility index (Phi) is 21.6. The molecule has 0 spiro atoms. The minimum absolute atomic E-state index is 0.0232. The Bertz CT molecular complexity index is 1380. The van der Waals surface area contributed by atoms with Gasteiger partial charge in [0.05, 0.1) is 11.2 Å². The van der Waals surface area contributed by atoms with Gasteiger partial charge < -0.3 is 29.0 Å². The molecule has 0 aromatic heterocycles. The third-order valence-corrected chi connectivity index (χ3v) is 27.6. The van der Waals surface area contributed by atoms with E-state index in [2.05, 4.69) is 109 Å². The van der Waals surface area contributed by atoms with E-state index in [0.717, 1.165) is 59.8 Å². The van der Waals surface area contributed by atoms with E-state index in [1.807, 2.05) is 27.7 Å². The van der Waals surface area contributed by atoms with Crippen molar-refractivity contribution in [3.63, 3.8) is 0 Å². The Labute approximate surface area is 396 Å². The van der Waals surface area contributed by atoms with Crippen molar-refractivity contribution in [2.75, 3.05) is 19.9 Å². The second-order valence-corrected chi connectivity index (χ2v) is 37.6. The van der Waals surface area contributed by atoms with Crippen LogP contribution in [0.5, 0.6) is 0 Å². The molecule has 63 heavy (non-hydrogen) atoms. The van der Waals surface area contributed by atoms with Crippen LogP contribution in [-0.4, -0.2) is 81.6 Å². The van der Waals surface area contributed by atoms with Crippen LogP contribution in [0.3, 0.4) is 0 Å². The molecule has 0 aliphatic heterocycles. The summed E-state index contributed by atoms with van der Waals surface area (Å²) in [5.41, 5.74) is -0.494. The molecule has 10 atom stereocenters. The quantitative estimate of drug-likeness (QED) is 0.0720. The number of aliphatic hydroxyl groups is 3. The van der Waals surface area contributed by atoms with Gasteiger partial charge in [-0.1, -0.05) is 94.9 Å². The number of aliphatic hydroxyl groups excluding tert-OH is 1. The maximum atomic E-state index is 11.7. The monoisotopic (exact) mass is 941 g/mol. The third kappa shape index (κ3) is 15.7. The first kappa shape index (κ1) is 59.5. The second-order valence-electron chi connectivity index (χ2n) is 27.1. The van der Waals surface area contributed by atoms with Gasteiger partial charge in [0.15, 0.2) is 16.6 Å². The zero-order valence-electron chi connectivity index (χ0n) is 45.5. The first-order valence-corrected chi connectivity index (χ1v) is 33.8. The zero-order chi connectivity index (χ0) is 48.7. The van der Waals surface area contributed by atoms with Crippen molar-refractivity contribution in [3.8, 4) is 0 Å². The van der Waals surface area contributed by atoms with Gasteiger partial charge in [-0.15, -0.1) is 8.58 Å². The second kappa shape index (κ2) is 22.8. The summed E-state index contributed by atoms with van der Waals surface area (Å²) in [6, 6.07) is 0. The van der Waals surface area contributed by atoms with Gasteiger partial charge in [-0.3, -0.25) is 0 Å². The van der Waals surface area contributed by atoms with E-state index in [1.165, 1.54) is 64.2 Å². The number of rotatable bonds is 18. The molecule has 9 heteroatoms. The highest BCUT2D eigenvalue weighted by Crippen LogP contribution is 2.65. The summed E-state index contributed by atoms with van der Waals surface area (Å²) in [7, 11) is -2.49. The van der Waals surface area contributed by atoms with Crippen LogP contribution in [0.4, 0.5) is 0 Å². The molecule has 0 bridgehead atoms. The SMILES string of the molecule is CC(C)(O)CCCC(C)(CC=O)[C@H]1CCC2[C@@H](O[Si](C)(C)C(C)(C)C)CCC[C@@]21C.CC(C)(O)CCCC(C)(CCO)[C@H]1CCC2[C@@H](O[Si](C)(C)C(C)(C)C)CCC[C@@]21C.CPC. The summed E-state index contributed by atoms with van der Waals surface area (Å²) in [4.78, 5) is 11.7. The van der Waals surface area contributed by atoms with Crippen molar-refractivity contribution in [2.45, 2.75) is 272 Å². The van der Waals surface area contributed by atoms with Gasteiger partial charge >= 0.3 is 0 Å². The van der Waals surface area contributed by atoms with Crippen LogP contribution in [0, 0.1) is 45.3 Å². The molecule has 0 aromatic carbocycles. The van der Waals surface area contributed by atoms with Crippen molar-refractivity contribution in [3.05, 3.63) is 0 Å². The van der Waals surface area contributed by atoms with Crippen LogP contribution in [0.2, 0.25) is 36.3 Å². The summed E-state index contributed by atoms with van der Waals surface area (Å²) in [6.07, 6.45) is 21.7. The molecule has 0 aromatic rings. The zero-order valence-corrected chi connectivity index (χ0v) is 48.5. The number of aldehydes is 1. The molecule has 4 fully saturated rings. The molecule has 3 N–H and O–H groups in total. The van der Waals surface area contributed by atoms with Crippen molar-refractivity contribution >= 4 is 31.5 Å². The minimum Gasteiger partial charge on any atom is -0.414 e. The van der Waals surface area contributed by atoms with Crippen LogP contribution in [0.1, 0.15) is 213 Å². The highest BCUT2D eigenvalue weighted by atomic mass is 31.1. The van der Waals surface area contributed by atoms with Gasteiger partial charge in [-0.05, 0) is 206 Å². The topological polar surface area (TPSA) is 96.2 Å². The maximum Gasteiger partial charge on any atom is 0.192 e. The Balaban J connectivity index is 0.000000408. The molecular weight excluding hydrogens is 832 g/mol. The fourth-order valence-corrected chi connectivity index (χ4v) is 15.9. The number of hydrogen-bond acceptors (Lipinski definition) is 6. The van der Waals surface area contributed by atoms with E-state index >= 15 is 0 Å². The first-order valence-electron chi connectivity index (χ1n) is 26.0. The molecule has 4 aliphatic carbocycles. The lowest BCUT2D eigenvalue weighted by molar-refractivity contribution is -0.112. The number of carbonyl (C=O) groups is 1. The summed E-state index contributed by atoms with van der Waals surface area (Å²) in [6.45, 7) is 45.6. The first-order chi connectivity index (χ1) is 28.5. The van der Waals surface area contributed by atoms with Gasteiger partial charge in [0.1, 0.15) is 6.29 Å². The summed E-state index contributed by atoms with van der Waals surface area (Å²) in [5.74, 6) is 2.46. The number of carbonyl (C=O) groups excluding carboxylic acids is 1. The summed E-state index contributed by atoms with van der Waals surface area (Å²) >= 11 is 0. The van der Waals surface area contributed by atoms with Gasteiger partial charge in [0.25, 0.3) is 0 Å². The fraction of sp³-hybridized carbons (Fsp3) is 0.981. The van der Waals surface area contributed by atoms with Gasteiger partial charge in [-0.2, -0.15) is 0 Å². The van der Waals surface area contributed by atoms with E-state index in [4.69, 9.17) is 8.85 Å². The van der Waals surface area contributed by atoms with E-state index in [-0.39, 0.29) is 32.9 Å². The van der Waals surface area contributed by atoms with E-state index in [1.54, 1.807) is 0 Å². The average Bonchev–Trinajstić information content (AvgIpc) is 3.65. The highest BCUT2D eigenvalue weighted by Gasteiger charge is 2.59. The van der Waals surface area contributed by atoms with Crippen molar-refractivity contribution in [2.24, 2.45) is 45.3 Å². The molecule has 4 unspecified atom stereocenters. The lowest BCUT2D eigenvalue weighted by Gasteiger charge is -2.52.